The molecule has 0 radical (unpaired) electrons. The van der Waals surface area contributed by atoms with E-state index in [0.29, 0.717) is 5.75 Å². The molecule has 0 saturated carbocycles. The second kappa shape index (κ2) is 10.4. The maximum Gasteiger partial charge on any atom is 0.303 e. The summed E-state index contributed by atoms with van der Waals surface area (Å²) in [6.45, 7) is 8.79. The molecule has 0 amide bonds. The minimum absolute atomic E-state index is 0.155. The van der Waals surface area contributed by atoms with Gasteiger partial charge in [0.25, 0.3) is 0 Å². The van der Waals surface area contributed by atoms with Crippen molar-refractivity contribution in [3.63, 3.8) is 0 Å². The van der Waals surface area contributed by atoms with E-state index in [2.05, 4.69) is 45.0 Å². The van der Waals surface area contributed by atoms with Crippen LogP contribution in [0.4, 0.5) is 0 Å². The predicted octanol–water partition coefficient (Wildman–Crippen LogP) is 5.35. The van der Waals surface area contributed by atoms with Gasteiger partial charge in [-0.1, -0.05) is 45.0 Å². The van der Waals surface area contributed by atoms with E-state index in [1.165, 1.54) is 18.1 Å². The third kappa shape index (κ3) is 6.16. The lowest BCUT2D eigenvalue weighted by Gasteiger charge is -2.26. The van der Waals surface area contributed by atoms with E-state index in [0.717, 1.165) is 18.8 Å². The van der Waals surface area contributed by atoms with Gasteiger partial charge in [-0.2, -0.15) is 0 Å². The standard InChI is InChI=1S/C23H29ClO4/c1-5-14-26-20-10-6-18(7-11-20)23(3,4)19-8-12-21(13-9-19)27-16-22(15-24)28-17(2)25/h6-13,22H,5,14-16H2,1-4H3. The first-order valence-corrected chi connectivity index (χ1v) is 10.1. The van der Waals surface area contributed by atoms with E-state index in [9.17, 15) is 4.79 Å². The Morgan fingerprint density at radius 3 is 1.89 bits per heavy atom. The van der Waals surface area contributed by atoms with Crippen LogP contribution in [-0.4, -0.2) is 31.2 Å². The number of carbonyl (C=O) groups excluding carboxylic acids is 1. The minimum atomic E-state index is -0.455. The molecule has 0 fully saturated rings. The average molecular weight is 405 g/mol. The van der Waals surface area contributed by atoms with Gasteiger partial charge in [0.15, 0.2) is 0 Å². The Kier molecular flexibility index (Phi) is 8.18. The largest absolute Gasteiger partial charge is 0.494 e. The summed E-state index contributed by atoms with van der Waals surface area (Å²) in [6.07, 6.45) is 0.539. The quantitative estimate of drug-likeness (QED) is 0.395. The second-order valence-electron chi connectivity index (χ2n) is 7.22. The van der Waals surface area contributed by atoms with Crippen LogP contribution in [0.5, 0.6) is 11.5 Å². The van der Waals surface area contributed by atoms with Gasteiger partial charge in [-0.05, 0) is 41.8 Å². The smallest absolute Gasteiger partial charge is 0.303 e. The van der Waals surface area contributed by atoms with Crippen molar-refractivity contribution in [2.75, 3.05) is 19.1 Å². The second-order valence-corrected chi connectivity index (χ2v) is 7.53. The van der Waals surface area contributed by atoms with Crippen LogP contribution in [0.25, 0.3) is 0 Å². The van der Waals surface area contributed by atoms with Gasteiger partial charge in [-0.25, -0.2) is 0 Å². The molecule has 0 aliphatic heterocycles. The Bertz CT molecular complexity index is 738. The van der Waals surface area contributed by atoms with Gasteiger partial charge in [0.2, 0.25) is 0 Å². The van der Waals surface area contributed by atoms with E-state index in [1.54, 1.807) is 0 Å². The molecule has 0 N–H and O–H groups in total. The lowest BCUT2D eigenvalue weighted by Crippen LogP contribution is -2.25. The normalized spacial score (nSPS) is 12.3. The predicted molar refractivity (Wildman–Crippen MR) is 113 cm³/mol. The first-order chi connectivity index (χ1) is 13.4. The highest BCUT2D eigenvalue weighted by atomic mass is 35.5. The number of esters is 1. The van der Waals surface area contributed by atoms with E-state index in [1.807, 2.05) is 24.3 Å². The molecule has 2 rings (SSSR count). The molecular weight excluding hydrogens is 376 g/mol. The number of benzene rings is 2. The summed E-state index contributed by atoms with van der Waals surface area (Å²) in [5.41, 5.74) is 2.23. The Morgan fingerprint density at radius 1 is 0.964 bits per heavy atom. The third-order valence-electron chi connectivity index (χ3n) is 4.57. The minimum Gasteiger partial charge on any atom is -0.494 e. The molecule has 0 bridgehead atoms. The molecule has 1 atom stereocenters. The van der Waals surface area contributed by atoms with E-state index < -0.39 is 6.10 Å². The number of rotatable bonds is 10. The first kappa shape index (κ1) is 22.1. The van der Waals surface area contributed by atoms with Gasteiger partial charge in [-0.15, -0.1) is 11.6 Å². The van der Waals surface area contributed by atoms with Gasteiger partial charge in [-0.3, -0.25) is 4.79 Å². The molecule has 152 valence electrons. The number of carbonyl (C=O) groups is 1. The Balaban J connectivity index is 2.03. The Hall–Kier alpha value is -2.20. The van der Waals surface area contributed by atoms with Crippen LogP contribution in [-0.2, 0) is 14.9 Å². The fraction of sp³-hybridized carbons (Fsp3) is 0.435. The van der Waals surface area contributed by atoms with Crippen LogP contribution < -0.4 is 9.47 Å². The maximum absolute atomic E-state index is 11.0. The lowest BCUT2D eigenvalue weighted by molar-refractivity contribution is -0.146. The molecule has 0 aromatic heterocycles. The van der Waals surface area contributed by atoms with Crippen molar-refractivity contribution in [3.05, 3.63) is 59.7 Å². The van der Waals surface area contributed by atoms with Gasteiger partial charge in [0.1, 0.15) is 24.2 Å². The number of halogens is 1. The van der Waals surface area contributed by atoms with Crippen molar-refractivity contribution in [2.45, 2.75) is 45.6 Å². The van der Waals surface area contributed by atoms with Crippen molar-refractivity contribution < 1.29 is 19.0 Å². The molecule has 28 heavy (non-hydrogen) atoms. The molecule has 5 heteroatoms. The fourth-order valence-corrected chi connectivity index (χ4v) is 3.01. The topological polar surface area (TPSA) is 44.8 Å². The summed E-state index contributed by atoms with van der Waals surface area (Å²) in [7, 11) is 0. The SMILES string of the molecule is CCCOc1ccc(C(C)(C)c2ccc(OCC(CCl)OC(C)=O)cc2)cc1. The summed E-state index contributed by atoms with van der Waals surface area (Å²) in [4.78, 5) is 11.0. The zero-order chi connectivity index (χ0) is 20.6. The van der Waals surface area contributed by atoms with Gasteiger partial charge in [0, 0.05) is 12.3 Å². The Labute approximate surface area is 172 Å². The van der Waals surface area contributed by atoms with Crippen molar-refractivity contribution in [2.24, 2.45) is 0 Å². The van der Waals surface area contributed by atoms with Crippen LogP contribution in [0.15, 0.2) is 48.5 Å². The molecule has 2 aromatic carbocycles. The highest BCUT2D eigenvalue weighted by Gasteiger charge is 2.23. The van der Waals surface area contributed by atoms with Crippen LogP contribution in [0.2, 0.25) is 0 Å². The zero-order valence-corrected chi connectivity index (χ0v) is 17.8. The maximum atomic E-state index is 11.0. The summed E-state index contributed by atoms with van der Waals surface area (Å²) >= 11 is 5.80. The monoisotopic (exact) mass is 404 g/mol. The average Bonchev–Trinajstić information content (AvgIpc) is 2.70. The van der Waals surface area contributed by atoms with E-state index in [-0.39, 0.29) is 23.9 Å². The highest BCUT2D eigenvalue weighted by Crippen LogP contribution is 2.33. The van der Waals surface area contributed by atoms with E-state index in [4.69, 9.17) is 25.8 Å². The fourth-order valence-electron chi connectivity index (χ4n) is 2.86. The number of alkyl halides is 1. The first-order valence-electron chi connectivity index (χ1n) is 9.56. The van der Waals surface area contributed by atoms with Crippen LogP contribution in [0.3, 0.4) is 0 Å². The van der Waals surface area contributed by atoms with Crippen molar-refractivity contribution in [1.29, 1.82) is 0 Å². The highest BCUT2D eigenvalue weighted by molar-refractivity contribution is 6.18. The molecule has 2 aromatic rings. The molecule has 0 heterocycles. The molecule has 0 aliphatic carbocycles. The van der Waals surface area contributed by atoms with Crippen LogP contribution in [0.1, 0.15) is 45.2 Å². The molecule has 0 spiro atoms. The Morgan fingerprint density at radius 2 is 1.46 bits per heavy atom. The lowest BCUT2D eigenvalue weighted by atomic mass is 9.78. The van der Waals surface area contributed by atoms with Crippen molar-refractivity contribution in [3.8, 4) is 11.5 Å². The summed E-state index contributed by atoms with van der Waals surface area (Å²) < 4.78 is 16.5. The number of hydrogen-bond donors (Lipinski definition) is 0. The number of ether oxygens (including phenoxy) is 3. The summed E-state index contributed by atoms with van der Waals surface area (Å²) in [6, 6.07) is 16.2. The van der Waals surface area contributed by atoms with Crippen LogP contribution in [0, 0.1) is 0 Å². The van der Waals surface area contributed by atoms with Crippen LogP contribution >= 0.6 is 11.6 Å². The molecule has 1 unspecified atom stereocenters. The van der Waals surface area contributed by atoms with Gasteiger partial charge in [0.05, 0.1) is 12.5 Å². The molecular formula is C23H29ClO4. The molecule has 4 nitrogen and oxygen atoms in total. The van der Waals surface area contributed by atoms with Crippen molar-refractivity contribution in [1.82, 2.24) is 0 Å². The number of hydrogen-bond acceptors (Lipinski definition) is 4. The summed E-state index contributed by atoms with van der Waals surface area (Å²) in [5.74, 6) is 1.44. The summed E-state index contributed by atoms with van der Waals surface area (Å²) in [5, 5.41) is 0. The van der Waals surface area contributed by atoms with Gasteiger partial charge < -0.3 is 14.2 Å². The third-order valence-corrected chi connectivity index (χ3v) is 4.91. The van der Waals surface area contributed by atoms with Gasteiger partial charge >= 0.3 is 5.97 Å². The van der Waals surface area contributed by atoms with Crippen molar-refractivity contribution >= 4 is 17.6 Å². The van der Waals surface area contributed by atoms with E-state index >= 15 is 0 Å². The molecule has 0 saturated heterocycles. The zero-order valence-electron chi connectivity index (χ0n) is 17.0. The molecule has 0 aliphatic rings.